The van der Waals surface area contributed by atoms with Gasteiger partial charge in [-0.05, 0) is 13.0 Å². The Morgan fingerprint density at radius 3 is 2.71 bits per heavy atom. The Labute approximate surface area is 87.8 Å². The van der Waals surface area contributed by atoms with E-state index in [1.165, 1.54) is 7.11 Å². The summed E-state index contributed by atoms with van der Waals surface area (Å²) in [5.41, 5.74) is 0.458. The number of hydrogen-bond donors (Lipinski definition) is 0. The highest BCUT2D eigenvalue weighted by Crippen LogP contribution is 2.35. The normalized spacial score (nSPS) is 9.29. The van der Waals surface area contributed by atoms with E-state index in [2.05, 4.69) is 0 Å². The maximum Gasteiger partial charge on any atom is 0.179 e. The average Bonchev–Trinajstić information content (AvgIpc) is 2.18. The first-order chi connectivity index (χ1) is 6.72. The fraction of sp³-hybridized carbons (Fsp3) is 0.300. The molecular formula is C10H10ClNO2. The number of rotatable bonds is 3. The summed E-state index contributed by atoms with van der Waals surface area (Å²) in [5.74, 6) is 0.964. The minimum absolute atomic E-state index is 0.384. The Morgan fingerprint density at radius 2 is 2.21 bits per heavy atom. The molecule has 1 aromatic carbocycles. The van der Waals surface area contributed by atoms with Gasteiger partial charge in [0.25, 0.3) is 0 Å². The molecule has 74 valence electrons. The first kappa shape index (κ1) is 10.7. The average molecular weight is 212 g/mol. The zero-order chi connectivity index (χ0) is 10.6. The molecule has 0 aliphatic rings. The van der Waals surface area contributed by atoms with Gasteiger partial charge in [-0.2, -0.15) is 5.26 Å². The summed E-state index contributed by atoms with van der Waals surface area (Å²) < 4.78 is 10.4. The van der Waals surface area contributed by atoms with Crippen molar-refractivity contribution < 1.29 is 9.47 Å². The van der Waals surface area contributed by atoms with Gasteiger partial charge in [-0.15, -0.1) is 0 Å². The van der Waals surface area contributed by atoms with E-state index >= 15 is 0 Å². The van der Waals surface area contributed by atoms with Crippen LogP contribution in [0.5, 0.6) is 11.5 Å². The lowest BCUT2D eigenvalue weighted by atomic mass is 10.2. The molecule has 0 unspecified atom stereocenters. The molecule has 4 heteroatoms. The van der Waals surface area contributed by atoms with Gasteiger partial charge >= 0.3 is 0 Å². The first-order valence-corrected chi connectivity index (χ1v) is 4.51. The molecule has 3 nitrogen and oxygen atoms in total. The van der Waals surface area contributed by atoms with E-state index in [1.54, 1.807) is 12.1 Å². The molecule has 1 rings (SSSR count). The molecule has 0 heterocycles. The number of methoxy groups -OCH3 is 1. The summed E-state index contributed by atoms with van der Waals surface area (Å²) in [4.78, 5) is 0. The van der Waals surface area contributed by atoms with Crippen molar-refractivity contribution in [3.8, 4) is 17.6 Å². The van der Waals surface area contributed by atoms with Crippen LogP contribution in [0.15, 0.2) is 12.1 Å². The van der Waals surface area contributed by atoms with E-state index in [0.29, 0.717) is 28.7 Å². The molecule has 0 aliphatic heterocycles. The molecule has 0 aliphatic carbocycles. The molecule has 0 N–H and O–H groups in total. The van der Waals surface area contributed by atoms with Gasteiger partial charge in [0.2, 0.25) is 0 Å². The highest BCUT2D eigenvalue weighted by Gasteiger charge is 2.10. The Hall–Kier alpha value is -1.40. The topological polar surface area (TPSA) is 42.2 Å². The predicted octanol–water partition coefficient (Wildman–Crippen LogP) is 2.62. The van der Waals surface area contributed by atoms with E-state index < -0.39 is 0 Å². The molecule has 0 aromatic heterocycles. The van der Waals surface area contributed by atoms with Gasteiger partial charge in [0.05, 0.1) is 30.4 Å². The fourth-order valence-electron chi connectivity index (χ4n) is 1.09. The molecular weight excluding hydrogens is 202 g/mol. The van der Waals surface area contributed by atoms with Crippen LogP contribution in [0.3, 0.4) is 0 Å². The zero-order valence-corrected chi connectivity index (χ0v) is 8.76. The predicted molar refractivity (Wildman–Crippen MR) is 53.9 cm³/mol. The molecule has 0 bridgehead atoms. The van der Waals surface area contributed by atoms with Gasteiger partial charge in [0.15, 0.2) is 11.5 Å². The summed E-state index contributed by atoms with van der Waals surface area (Å²) in [6.45, 7) is 2.36. The quantitative estimate of drug-likeness (QED) is 0.772. The Bertz CT molecular complexity index is 371. The second-order valence-corrected chi connectivity index (χ2v) is 2.94. The number of benzene rings is 1. The lowest BCUT2D eigenvalue weighted by Crippen LogP contribution is -1.96. The van der Waals surface area contributed by atoms with Crippen LogP contribution in [-0.4, -0.2) is 13.7 Å². The molecule has 0 atom stereocenters. The van der Waals surface area contributed by atoms with Gasteiger partial charge in [0.1, 0.15) is 0 Å². The maximum atomic E-state index is 8.71. The molecule has 0 saturated heterocycles. The Kier molecular flexibility index (Phi) is 3.61. The first-order valence-electron chi connectivity index (χ1n) is 4.13. The standard InChI is InChI=1S/C10H10ClNO2/c1-3-14-9-5-7(6-12)4-8(11)10(9)13-2/h4-5H,3H2,1-2H3. The molecule has 0 radical (unpaired) electrons. The third-order valence-corrected chi connectivity index (χ3v) is 1.92. The van der Waals surface area contributed by atoms with Crippen LogP contribution < -0.4 is 9.47 Å². The van der Waals surface area contributed by atoms with Gasteiger partial charge < -0.3 is 9.47 Å². The summed E-state index contributed by atoms with van der Waals surface area (Å²) in [5, 5.41) is 9.10. The second kappa shape index (κ2) is 4.73. The van der Waals surface area contributed by atoms with E-state index in [9.17, 15) is 0 Å². The van der Waals surface area contributed by atoms with Crippen molar-refractivity contribution in [3.63, 3.8) is 0 Å². The van der Waals surface area contributed by atoms with Crippen molar-refractivity contribution in [2.75, 3.05) is 13.7 Å². The van der Waals surface area contributed by atoms with Crippen molar-refractivity contribution in [2.24, 2.45) is 0 Å². The number of nitriles is 1. The number of halogens is 1. The highest BCUT2D eigenvalue weighted by molar-refractivity contribution is 6.32. The van der Waals surface area contributed by atoms with E-state index in [0.717, 1.165) is 0 Å². The summed E-state index contributed by atoms with van der Waals surface area (Å²) in [6, 6.07) is 5.15. The minimum atomic E-state index is 0.384. The minimum Gasteiger partial charge on any atom is -0.491 e. The van der Waals surface area contributed by atoms with Crippen molar-refractivity contribution >= 4 is 11.6 Å². The summed E-state index contributed by atoms with van der Waals surface area (Å²) >= 11 is 5.89. The smallest absolute Gasteiger partial charge is 0.179 e. The molecule has 14 heavy (non-hydrogen) atoms. The molecule has 0 spiro atoms. The van der Waals surface area contributed by atoms with Gasteiger partial charge in [-0.1, -0.05) is 11.6 Å². The van der Waals surface area contributed by atoms with Crippen LogP contribution in [-0.2, 0) is 0 Å². The van der Waals surface area contributed by atoms with Gasteiger partial charge in [-0.3, -0.25) is 0 Å². The summed E-state index contributed by atoms with van der Waals surface area (Å²) in [6.07, 6.45) is 0. The lowest BCUT2D eigenvalue weighted by molar-refractivity contribution is 0.311. The van der Waals surface area contributed by atoms with Crippen LogP contribution in [0.4, 0.5) is 0 Å². The summed E-state index contributed by atoms with van der Waals surface area (Å²) in [7, 11) is 1.51. The molecule has 0 amide bonds. The lowest BCUT2D eigenvalue weighted by Gasteiger charge is -2.10. The van der Waals surface area contributed by atoms with E-state index in [1.807, 2.05) is 13.0 Å². The zero-order valence-electron chi connectivity index (χ0n) is 8.00. The second-order valence-electron chi connectivity index (χ2n) is 2.53. The van der Waals surface area contributed by atoms with Gasteiger partial charge in [-0.25, -0.2) is 0 Å². The molecule has 1 aromatic rings. The Morgan fingerprint density at radius 1 is 1.50 bits per heavy atom. The Balaban J connectivity index is 3.22. The van der Waals surface area contributed by atoms with Crippen molar-refractivity contribution in [2.45, 2.75) is 6.92 Å². The fourth-order valence-corrected chi connectivity index (χ4v) is 1.38. The van der Waals surface area contributed by atoms with Crippen LogP contribution in [0.1, 0.15) is 12.5 Å². The van der Waals surface area contributed by atoms with E-state index in [4.69, 9.17) is 26.3 Å². The molecule has 0 saturated carbocycles. The van der Waals surface area contributed by atoms with Gasteiger partial charge in [0, 0.05) is 6.07 Å². The SMILES string of the molecule is CCOc1cc(C#N)cc(Cl)c1OC. The maximum absolute atomic E-state index is 8.71. The molecule has 0 fully saturated rings. The monoisotopic (exact) mass is 211 g/mol. The number of nitrogens with zero attached hydrogens (tertiary/aromatic N) is 1. The van der Waals surface area contributed by atoms with Crippen LogP contribution in [0.25, 0.3) is 0 Å². The number of ether oxygens (including phenoxy) is 2. The van der Waals surface area contributed by atoms with E-state index in [-0.39, 0.29) is 0 Å². The third-order valence-electron chi connectivity index (χ3n) is 1.64. The van der Waals surface area contributed by atoms with Crippen LogP contribution in [0.2, 0.25) is 5.02 Å². The van der Waals surface area contributed by atoms with Crippen LogP contribution >= 0.6 is 11.6 Å². The van der Waals surface area contributed by atoms with Crippen molar-refractivity contribution in [1.82, 2.24) is 0 Å². The van der Waals surface area contributed by atoms with Crippen LogP contribution in [0, 0.1) is 11.3 Å². The van der Waals surface area contributed by atoms with Crippen molar-refractivity contribution in [3.05, 3.63) is 22.7 Å². The third kappa shape index (κ3) is 2.09. The van der Waals surface area contributed by atoms with Crippen molar-refractivity contribution in [1.29, 1.82) is 5.26 Å². The largest absolute Gasteiger partial charge is 0.491 e. The number of hydrogen-bond acceptors (Lipinski definition) is 3. The highest BCUT2D eigenvalue weighted by atomic mass is 35.5.